The molecule has 188 valence electrons. The van der Waals surface area contributed by atoms with Gasteiger partial charge < -0.3 is 24.5 Å². The molecule has 36 heavy (non-hydrogen) atoms. The second kappa shape index (κ2) is 10.9. The number of hydrazine groups is 2. The van der Waals surface area contributed by atoms with E-state index in [4.69, 9.17) is 14.6 Å². The first kappa shape index (κ1) is 24.8. The molecule has 1 aliphatic rings. The summed E-state index contributed by atoms with van der Waals surface area (Å²) >= 11 is 0. The molecule has 1 aromatic heterocycles. The molecule has 11 heteroatoms. The topological polar surface area (TPSA) is 141 Å². The van der Waals surface area contributed by atoms with Crippen LogP contribution in [-0.2, 0) is 4.79 Å². The van der Waals surface area contributed by atoms with Gasteiger partial charge in [-0.1, -0.05) is 6.07 Å². The van der Waals surface area contributed by atoms with Gasteiger partial charge in [0.1, 0.15) is 23.9 Å². The molecule has 0 saturated heterocycles. The van der Waals surface area contributed by atoms with Crippen molar-refractivity contribution in [3.05, 3.63) is 58.4 Å². The van der Waals surface area contributed by atoms with Gasteiger partial charge in [0.05, 0.1) is 12.2 Å². The number of aromatic nitrogens is 2. The van der Waals surface area contributed by atoms with E-state index in [1.165, 1.54) is 6.08 Å². The molecular weight excluding hydrogens is 464 g/mol. The quantitative estimate of drug-likeness (QED) is 0.268. The summed E-state index contributed by atoms with van der Waals surface area (Å²) in [6.45, 7) is 3.50. The lowest BCUT2D eigenvalue weighted by atomic mass is 10.00. The lowest BCUT2D eigenvalue weighted by Gasteiger charge is -2.15. The Morgan fingerprint density at radius 3 is 2.69 bits per heavy atom. The number of H-pyrrole nitrogens is 1. The van der Waals surface area contributed by atoms with E-state index >= 15 is 0 Å². The lowest BCUT2D eigenvalue weighted by Crippen LogP contribution is -2.21. The van der Waals surface area contributed by atoms with Gasteiger partial charge in [-0.05, 0) is 74.1 Å². The second-order valence-electron chi connectivity index (χ2n) is 8.27. The zero-order chi connectivity index (χ0) is 25.7. The number of likely N-dealkylation sites (N-methyl/N-ethyl adjacent to an activating group) is 1. The van der Waals surface area contributed by atoms with Crippen LogP contribution in [0.5, 0.6) is 11.5 Å². The van der Waals surface area contributed by atoms with Crippen molar-refractivity contribution in [1.29, 1.82) is 0 Å². The maximum atomic E-state index is 12.4. The minimum absolute atomic E-state index is 0.307. The van der Waals surface area contributed by atoms with E-state index in [9.17, 15) is 9.59 Å². The van der Waals surface area contributed by atoms with Gasteiger partial charge in [0.2, 0.25) is 0 Å². The van der Waals surface area contributed by atoms with Crippen molar-refractivity contribution in [1.82, 2.24) is 20.4 Å². The summed E-state index contributed by atoms with van der Waals surface area (Å²) in [6, 6.07) is 11.1. The van der Waals surface area contributed by atoms with Crippen LogP contribution in [0.15, 0.2) is 47.3 Å². The zero-order valence-corrected chi connectivity index (χ0v) is 20.2. The molecule has 11 nitrogen and oxygen atoms in total. The average molecular weight is 493 g/mol. The van der Waals surface area contributed by atoms with Crippen LogP contribution in [0.2, 0.25) is 0 Å². The molecule has 2 aromatic carbocycles. The van der Waals surface area contributed by atoms with Gasteiger partial charge in [-0.3, -0.25) is 15.6 Å². The molecule has 0 atom stereocenters. The summed E-state index contributed by atoms with van der Waals surface area (Å²) in [5.74, 6) is 0.875. The normalized spacial score (nSPS) is 12.3. The van der Waals surface area contributed by atoms with Crippen LogP contribution in [0.3, 0.4) is 0 Å². The second-order valence-corrected chi connectivity index (χ2v) is 8.27. The van der Waals surface area contributed by atoms with Crippen LogP contribution < -0.4 is 31.4 Å². The highest BCUT2D eigenvalue weighted by Crippen LogP contribution is 2.35. The fraction of sp³-hybridized carbons (Fsp3) is 0.240. The maximum absolute atomic E-state index is 12.4. The van der Waals surface area contributed by atoms with Gasteiger partial charge in [0, 0.05) is 12.6 Å². The fourth-order valence-corrected chi connectivity index (χ4v) is 3.61. The average Bonchev–Trinajstić information content (AvgIpc) is 3.32. The van der Waals surface area contributed by atoms with Gasteiger partial charge in [0.15, 0.2) is 11.5 Å². The van der Waals surface area contributed by atoms with E-state index in [1.54, 1.807) is 6.07 Å². The summed E-state index contributed by atoms with van der Waals surface area (Å²) < 4.78 is 11.8. The van der Waals surface area contributed by atoms with E-state index in [1.807, 2.05) is 56.3 Å². The van der Waals surface area contributed by atoms with Crippen LogP contribution in [0, 0.1) is 0 Å². The summed E-state index contributed by atoms with van der Waals surface area (Å²) in [7, 11) is 3.92. The van der Waals surface area contributed by atoms with E-state index in [0.29, 0.717) is 53.2 Å². The Morgan fingerprint density at radius 1 is 1.11 bits per heavy atom. The molecule has 0 unspecified atom stereocenters. The molecule has 0 aliphatic carbocycles. The van der Waals surface area contributed by atoms with Crippen molar-refractivity contribution in [3.8, 4) is 34.0 Å². The van der Waals surface area contributed by atoms with E-state index in [2.05, 4.69) is 26.4 Å². The van der Waals surface area contributed by atoms with Crippen LogP contribution in [0.4, 0.5) is 11.5 Å². The van der Waals surface area contributed by atoms with Crippen molar-refractivity contribution in [2.45, 2.75) is 6.92 Å². The van der Waals surface area contributed by atoms with Crippen molar-refractivity contribution in [2.75, 3.05) is 44.7 Å². The van der Waals surface area contributed by atoms with Crippen molar-refractivity contribution in [3.63, 3.8) is 0 Å². The third-order valence-corrected chi connectivity index (χ3v) is 5.31. The molecule has 2 heterocycles. The zero-order valence-electron chi connectivity index (χ0n) is 20.2. The SMILES string of the molecule is CCOc1cc(-c2cc(/C=C/C(=O)O)cc(OCCN(C)C)c2)ccc1-c1nc2c(c(=O)[nH]1)NNN2. The fourth-order valence-electron chi connectivity index (χ4n) is 3.61. The summed E-state index contributed by atoms with van der Waals surface area (Å²) in [5.41, 5.74) is 11.1. The van der Waals surface area contributed by atoms with Crippen molar-refractivity contribution in [2.24, 2.45) is 0 Å². The van der Waals surface area contributed by atoms with Crippen LogP contribution in [-0.4, -0.2) is 59.8 Å². The van der Waals surface area contributed by atoms with Crippen LogP contribution >= 0.6 is 0 Å². The van der Waals surface area contributed by atoms with Gasteiger partial charge >= 0.3 is 5.97 Å². The molecular formula is C25H28N6O5. The minimum Gasteiger partial charge on any atom is -0.493 e. The van der Waals surface area contributed by atoms with E-state index in [0.717, 1.165) is 23.7 Å². The largest absolute Gasteiger partial charge is 0.493 e. The molecule has 0 radical (unpaired) electrons. The minimum atomic E-state index is -1.03. The summed E-state index contributed by atoms with van der Waals surface area (Å²) in [6.07, 6.45) is 2.61. The van der Waals surface area contributed by atoms with Crippen LogP contribution in [0.1, 0.15) is 12.5 Å². The smallest absolute Gasteiger partial charge is 0.328 e. The maximum Gasteiger partial charge on any atom is 0.328 e. The number of ether oxygens (including phenoxy) is 2. The number of hydrogen-bond acceptors (Lipinski definition) is 9. The monoisotopic (exact) mass is 492 g/mol. The van der Waals surface area contributed by atoms with Crippen molar-refractivity contribution >= 4 is 23.6 Å². The number of aliphatic carboxylic acids is 1. The number of nitrogens with zero attached hydrogens (tertiary/aromatic N) is 2. The summed E-state index contributed by atoms with van der Waals surface area (Å²) in [5, 5.41) is 9.06. The van der Waals surface area contributed by atoms with Gasteiger partial charge in [-0.15, -0.1) is 5.53 Å². The first-order valence-electron chi connectivity index (χ1n) is 11.4. The highest BCUT2D eigenvalue weighted by molar-refractivity contribution is 5.86. The number of anilines is 2. The molecule has 5 N–H and O–H groups in total. The predicted molar refractivity (Wildman–Crippen MR) is 138 cm³/mol. The molecule has 0 bridgehead atoms. The van der Waals surface area contributed by atoms with Crippen molar-refractivity contribution < 1.29 is 19.4 Å². The number of hydrogen-bond donors (Lipinski definition) is 5. The third kappa shape index (κ3) is 5.82. The van der Waals surface area contributed by atoms with Crippen LogP contribution in [0.25, 0.3) is 28.6 Å². The van der Waals surface area contributed by atoms with E-state index < -0.39 is 5.97 Å². The molecule has 0 saturated carbocycles. The molecule has 0 fully saturated rings. The predicted octanol–water partition coefficient (Wildman–Crippen LogP) is 2.80. The van der Waals surface area contributed by atoms with Gasteiger partial charge in [0.25, 0.3) is 5.56 Å². The van der Waals surface area contributed by atoms with E-state index in [-0.39, 0.29) is 5.56 Å². The third-order valence-electron chi connectivity index (χ3n) is 5.31. The Kier molecular flexibility index (Phi) is 7.52. The molecule has 0 spiro atoms. The summed E-state index contributed by atoms with van der Waals surface area (Å²) in [4.78, 5) is 32.8. The Bertz CT molecular complexity index is 1350. The highest BCUT2D eigenvalue weighted by atomic mass is 16.5. The molecule has 4 rings (SSSR count). The Hall–Kier alpha value is -4.35. The molecule has 0 amide bonds. The van der Waals surface area contributed by atoms with Gasteiger partial charge in [-0.2, -0.15) is 0 Å². The Balaban J connectivity index is 1.74. The molecule has 1 aliphatic heterocycles. The number of carboxylic acid groups (broad SMARTS) is 1. The number of benzene rings is 2. The lowest BCUT2D eigenvalue weighted by molar-refractivity contribution is -0.131. The van der Waals surface area contributed by atoms with Gasteiger partial charge in [-0.25, -0.2) is 9.78 Å². The number of carboxylic acids is 1. The number of fused-ring (bicyclic) bond motifs is 1. The number of aromatic amines is 1. The Morgan fingerprint density at radius 2 is 1.94 bits per heavy atom. The molecule has 3 aromatic rings. The highest BCUT2D eigenvalue weighted by Gasteiger charge is 2.19. The first-order chi connectivity index (χ1) is 17.3. The number of rotatable bonds is 10. The number of carbonyl (C=O) groups is 1. The first-order valence-corrected chi connectivity index (χ1v) is 11.4. The standard InChI is InChI=1S/C25H28N6O5/c1-4-35-20-14-16(6-7-19(20)23-26-24-22(25(34)27-23)28-30-29-24)17-11-15(5-8-21(32)33)12-18(13-17)36-10-9-31(2)3/h5-8,11-14,28,30H,4,9-10H2,1-3H3,(H,32,33)(H2,26,27,29,34)/b8-5+. The number of nitrogens with one attached hydrogen (secondary N) is 4. The Labute approximate surface area is 207 Å².